The van der Waals surface area contributed by atoms with Gasteiger partial charge in [-0.2, -0.15) is 0 Å². The summed E-state index contributed by atoms with van der Waals surface area (Å²) in [5.41, 5.74) is 1.89. The normalized spacial score (nSPS) is 11.4. The van der Waals surface area contributed by atoms with Crippen molar-refractivity contribution in [2.24, 2.45) is 0 Å². The second-order valence-electron chi connectivity index (χ2n) is 5.83. The molecule has 0 radical (unpaired) electrons. The van der Waals surface area contributed by atoms with Crippen molar-refractivity contribution >= 4 is 5.97 Å². The first-order chi connectivity index (χ1) is 12.8. The van der Waals surface area contributed by atoms with Gasteiger partial charge in [-0.3, -0.25) is 0 Å². The van der Waals surface area contributed by atoms with Gasteiger partial charge in [-0.05, 0) is 37.0 Å². The van der Waals surface area contributed by atoms with Crippen LogP contribution in [0.4, 0.5) is 0 Å². The van der Waals surface area contributed by atoms with E-state index in [1.54, 1.807) is 24.3 Å². The number of rotatable bonds is 15. The Labute approximate surface area is 157 Å². The molecule has 0 spiro atoms. The highest BCUT2D eigenvalue weighted by Gasteiger charge is 2.04. The Kier molecular flexibility index (Phi) is 13.2. The molecule has 0 saturated heterocycles. The number of allylic oxidation sites excluding steroid dienone is 1. The molecule has 0 N–H and O–H groups in total. The van der Waals surface area contributed by atoms with E-state index in [4.69, 9.17) is 18.9 Å². The number of esters is 1. The summed E-state index contributed by atoms with van der Waals surface area (Å²) in [5, 5.41) is 0. The summed E-state index contributed by atoms with van der Waals surface area (Å²) in [6.45, 7) is 6.98. The molecule has 0 aliphatic carbocycles. The van der Waals surface area contributed by atoms with Crippen LogP contribution in [0.1, 0.15) is 49.9 Å². The van der Waals surface area contributed by atoms with Crippen LogP contribution < -0.4 is 0 Å². The van der Waals surface area contributed by atoms with Gasteiger partial charge in [0, 0.05) is 0 Å². The summed E-state index contributed by atoms with van der Waals surface area (Å²) in [7, 11) is 0. The van der Waals surface area contributed by atoms with Crippen LogP contribution in [0.5, 0.6) is 0 Å². The van der Waals surface area contributed by atoms with Crippen molar-refractivity contribution in [3.05, 3.63) is 47.7 Å². The van der Waals surface area contributed by atoms with Crippen molar-refractivity contribution in [1.29, 1.82) is 0 Å². The second kappa shape index (κ2) is 15.4. The molecule has 0 heterocycles. The van der Waals surface area contributed by atoms with Gasteiger partial charge in [0.1, 0.15) is 13.2 Å². The number of carbonyl (C=O) groups is 1. The van der Waals surface area contributed by atoms with E-state index < -0.39 is 0 Å². The number of benzene rings is 1. The Morgan fingerprint density at radius 2 is 1.58 bits per heavy atom. The fourth-order valence-corrected chi connectivity index (χ4v) is 2.18. The fourth-order valence-electron chi connectivity index (χ4n) is 2.18. The molecular formula is C21H32O5. The van der Waals surface area contributed by atoms with Crippen LogP contribution in [-0.2, 0) is 18.9 Å². The molecular weight excluding hydrogens is 332 g/mol. The van der Waals surface area contributed by atoms with Gasteiger partial charge < -0.3 is 18.9 Å². The Bertz CT molecular complexity index is 498. The molecule has 5 nitrogen and oxygen atoms in total. The van der Waals surface area contributed by atoms with Crippen molar-refractivity contribution in [1.82, 2.24) is 0 Å². The number of carbonyl (C=O) groups excluding carboxylic acids is 1. The van der Waals surface area contributed by atoms with Gasteiger partial charge >= 0.3 is 5.97 Å². The molecule has 146 valence electrons. The molecule has 5 heteroatoms. The summed E-state index contributed by atoms with van der Waals surface area (Å²) in [4.78, 5) is 11.7. The van der Waals surface area contributed by atoms with Gasteiger partial charge in [0.2, 0.25) is 0 Å². The minimum atomic E-state index is -0.332. The summed E-state index contributed by atoms with van der Waals surface area (Å²) in [6, 6.07) is 8.91. The first kappa shape index (κ1) is 22.2. The molecule has 0 aromatic heterocycles. The minimum Gasteiger partial charge on any atom is -0.499 e. The highest BCUT2D eigenvalue weighted by Crippen LogP contribution is 2.10. The molecule has 0 atom stereocenters. The van der Waals surface area contributed by atoms with E-state index in [2.05, 4.69) is 13.8 Å². The maximum absolute atomic E-state index is 11.7. The zero-order valence-electron chi connectivity index (χ0n) is 16.1. The Morgan fingerprint density at radius 3 is 2.23 bits per heavy atom. The molecule has 1 aromatic carbocycles. The number of unbranched alkanes of at least 4 members (excludes halogenated alkanes) is 1. The molecule has 1 rings (SSSR count). The lowest BCUT2D eigenvalue weighted by Crippen LogP contribution is -2.13. The third kappa shape index (κ3) is 10.9. The van der Waals surface area contributed by atoms with E-state index in [1.807, 2.05) is 12.3 Å². The zero-order chi connectivity index (χ0) is 18.9. The van der Waals surface area contributed by atoms with E-state index in [0.717, 1.165) is 12.8 Å². The summed E-state index contributed by atoms with van der Waals surface area (Å²) >= 11 is 0. The van der Waals surface area contributed by atoms with Gasteiger partial charge in [0.25, 0.3) is 0 Å². The van der Waals surface area contributed by atoms with Crippen molar-refractivity contribution in [3.8, 4) is 0 Å². The van der Waals surface area contributed by atoms with Crippen LogP contribution in [0.3, 0.4) is 0 Å². The van der Waals surface area contributed by atoms with Gasteiger partial charge in [-0.15, -0.1) is 0 Å². The van der Waals surface area contributed by atoms with Crippen molar-refractivity contribution in [3.63, 3.8) is 0 Å². The molecule has 0 aliphatic rings. The highest BCUT2D eigenvalue weighted by atomic mass is 16.6. The SMILES string of the molecule is CCCC/C(=C\OCCOCCOCCOC(=O)c1ccccc1)CC. The molecule has 0 amide bonds. The third-order valence-electron chi connectivity index (χ3n) is 3.74. The van der Waals surface area contributed by atoms with Crippen LogP contribution in [0.15, 0.2) is 42.2 Å². The largest absolute Gasteiger partial charge is 0.499 e. The molecule has 0 saturated carbocycles. The van der Waals surface area contributed by atoms with Crippen LogP contribution in [0, 0.1) is 0 Å². The average Bonchev–Trinajstić information content (AvgIpc) is 2.68. The summed E-state index contributed by atoms with van der Waals surface area (Å²) in [6.07, 6.45) is 6.42. The van der Waals surface area contributed by atoms with Crippen LogP contribution >= 0.6 is 0 Å². The van der Waals surface area contributed by atoms with E-state index in [9.17, 15) is 4.79 Å². The van der Waals surface area contributed by atoms with Crippen molar-refractivity contribution < 1.29 is 23.7 Å². The van der Waals surface area contributed by atoms with E-state index in [1.165, 1.54) is 18.4 Å². The first-order valence-corrected chi connectivity index (χ1v) is 9.45. The number of ether oxygens (including phenoxy) is 4. The maximum Gasteiger partial charge on any atom is 0.338 e. The zero-order valence-corrected chi connectivity index (χ0v) is 16.1. The van der Waals surface area contributed by atoms with Gasteiger partial charge in [0.05, 0.1) is 38.3 Å². The molecule has 0 fully saturated rings. The Balaban J connectivity index is 1.92. The topological polar surface area (TPSA) is 54.0 Å². The lowest BCUT2D eigenvalue weighted by molar-refractivity contribution is 0.00811. The smallest absolute Gasteiger partial charge is 0.338 e. The molecule has 0 aliphatic heterocycles. The van der Waals surface area contributed by atoms with Gasteiger partial charge in [0.15, 0.2) is 0 Å². The fraction of sp³-hybridized carbons (Fsp3) is 0.571. The predicted octanol–water partition coefficient (Wildman–Crippen LogP) is 4.38. The van der Waals surface area contributed by atoms with Crippen molar-refractivity contribution in [2.75, 3.05) is 39.6 Å². The second-order valence-corrected chi connectivity index (χ2v) is 5.83. The average molecular weight is 364 g/mol. The first-order valence-electron chi connectivity index (χ1n) is 9.45. The van der Waals surface area contributed by atoms with Crippen molar-refractivity contribution in [2.45, 2.75) is 39.5 Å². The lowest BCUT2D eigenvalue weighted by Gasteiger charge is -2.08. The van der Waals surface area contributed by atoms with E-state index in [-0.39, 0.29) is 12.6 Å². The van der Waals surface area contributed by atoms with E-state index in [0.29, 0.717) is 38.6 Å². The molecule has 0 unspecified atom stereocenters. The Morgan fingerprint density at radius 1 is 0.923 bits per heavy atom. The number of hydrogen-bond donors (Lipinski definition) is 0. The van der Waals surface area contributed by atoms with E-state index >= 15 is 0 Å². The molecule has 26 heavy (non-hydrogen) atoms. The minimum absolute atomic E-state index is 0.235. The molecule has 0 bridgehead atoms. The summed E-state index contributed by atoms with van der Waals surface area (Å²) in [5.74, 6) is -0.332. The Hall–Kier alpha value is -1.85. The van der Waals surface area contributed by atoms with Gasteiger partial charge in [-0.1, -0.05) is 38.5 Å². The molecule has 1 aromatic rings. The highest BCUT2D eigenvalue weighted by molar-refractivity contribution is 5.89. The maximum atomic E-state index is 11.7. The summed E-state index contributed by atoms with van der Waals surface area (Å²) < 4.78 is 21.4. The lowest BCUT2D eigenvalue weighted by atomic mass is 10.1. The van der Waals surface area contributed by atoms with Gasteiger partial charge in [-0.25, -0.2) is 4.79 Å². The standard InChI is InChI=1S/C21H32O5/c1-3-5-9-19(4-2)18-25-15-14-23-12-13-24-16-17-26-21(22)20-10-7-6-8-11-20/h6-8,10-11,18H,3-5,9,12-17H2,1-2H3/b19-18-. The van der Waals surface area contributed by atoms with Crippen LogP contribution in [0.25, 0.3) is 0 Å². The van der Waals surface area contributed by atoms with Crippen LogP contribution in [-0.4, -0.2) is 45.6 Å². The number of hydrogen-bond acceptors (Lipinski definition) is 5. The van der Waals surface area contributed by atoms with Crippen LogP contribution in [0.2, 0.25) is 0 Å². The predicted molar refractivity (Wildman–Crippen MR) is 102 cm³/mol. The monoisotopic (exact) mass is 364 g/mol. The quantitative estimate of drug-likeness (QED) is 0.263. The third-order valence-corrected chi connectivity index (χ3v) is 3.74.